The summed E-state index contributed by atoms with van der Waals surface area (Å²) in [4.78, 5) is 10.4. The Labute approximate surface area is 161 Å². The van der Waals surface area contributed by atoms with E-state index < -0.39 is 4.92 Å². The van der Waals surface area contributed by atoms with Crippen LogP contribution in [-0.4, -0.2) is 19.7 Å². The number of nitro groups is 1. The summed E-state index contributed by atoms with van der Waals surface area (Å²) in [6.45, 7) is 2.03. The minimum atomic E-state index is -0.425. The van der Waals surface area contributed by atoms with Gasteiger partial charge in [0.1, 0.15) is 0 Å². The normalized spacial score (nSPS) is 10.6. The standard InChI is InChI=1S/C21H17N5O2/c1-15-7-11-18(12-8-15)25-20(16-5-3-2-4-6-16)23-24-21(25)22-17-9-13-19(14-10-17)26(27)28/h2-14H,1H3,(H,22,24). The molecule has 28 heavy (non-hydrogen) atoms. The first kappa shape index (κ1) is 17.4. The molecule has 0 radical (unpaired) electrons. The predicted octanol–water partition coefficient (Wildman–Crippen LogP) is 4.89. The van der Waals surface area contributed by atoms with Crippen molar-refractivity contribution in [1.29, 1.82) is 0 Å². The zero-order valence-electron chi connectivity index (χ0n) is 15.1. The van der Waals surface area contributed by atoms with Gasteiger partial charge >= 0.3 is 0 Å². The lowest BCUT2D eigenvalue weighted by Crippen LogP contribution is -2.03. The molecule has 0 aliphatic heterocycles. The van der Waals surface area contributed by atoms with E-state index in [1.165, 1.54) is 12.1 Å². The van der Waals surface area contributed by atoms with Gasteiger partial charge < -0.3 is 5.32 Å². The third kappa shape index (κ3) is 3.45. The second kappa shape index (κ2) is 7.32. The maximum absolute atomic E-state index is 10.9. The van der Waals surface area contributed by atoms with Crippen LogP contribution < -0.4 is 5.32 Å². The first-order valence-corrected chi connectivity index (χ1v) is 8.71. The maximum atomic E-state index is 10.9. The zero-order chi connectivity index (χ0) is 19.5. The largest absolute Gasteiger partial charge is 0.324 e. The van der Waals surface area contributed by atoms with Gasteiger partial charge in [0, 0.05) is 23.4 Å². The minimum absolute atomic E-state index is 0.0375. The number of nitrogens with zero attached hydrogens (tertiary/aromatic N) is 4. The summed E-state index contributed by atoms with van der Waals surface area (Å²) >= 11 is 0. The Morgan fingerprint density at radius 2 is 1.57 bits per heavy atom. The Hall–Kier alpha value is -4.00. The highest BCUT2D eigenvalue weighted by Crippen LogP contribution is 2.27. The molecule has 0 bridgehead atoms. The number of hydrogen-bond acceptors (Lipinski definition) is 5. The summed E-state index contributed by atoms with van der Waals surface area (Å²) in [5, 5.41) is 22.7. The fourth-order valence-electron chi connectivity index (χ4n) is 2.87. The lowest BCUT2D eigenvalue weighted by atomic mass is 10.2. The van der Waals surface area contributed by atoms with Crippen LogP contribution >= 0.6 is 0 Å². The number of non-ortho nitro benzene ring substituents is 1. The summed E-state index contributed by atoms with van der Waals surface area (Å²) in [6.07, 6.45) is 0. The predicted molar refractivity (Wildman–Crippen MR) is 108 cm³/mol. The van der Waals surface area contributed by atoms with Crippen molar-refractivity contribution >= 4 is 17.3 Å². The van der Waals surface area contributed by atoms with E-state index in [0.717, 1.165) is 16.8 Å². The molecule has 0 unspecified atom stereocenters. The Morgan fingerprint density at radius 3 is 2.21 bits per heavy atom. The monoisotopic (exact) mass is 371 g/mol. The highest BCUT2D eigenvalue weighted by molar-refractivity contribution is 5.65. The van der Waals surface area contributed by atoms with Gasteiger partial charge in [-0.25, -0.2) is 0 Å². The Morgan fingerprint density at radius 1 is 0.893 bits per heavy atom. The SMILES string of the molecule is Cc1ccc(-n2c(Nc3ccc([N+](=O)[O-])cc3)nnc2-c2ccccc2)cc1. The lowest BCUT2D eigenvalue weighted by Gasteiger charge is -2.12. The van der Waals surface area contributed by atoms with Crippen molar-refractivity contribution in [2.24, 2.45) is 0 Å². The molecule has 0 saturated carbocycles. The van der Waals surface area contributed by atoms with E-state index in [2.05, 4.69) is 15.5 Å². The molecule has 0 saturated heterocycles. The van der Waals surface area contributed by atoms with Crippen LogP contribution in [0.4, 0.5) is 17.3 Å². The fraction of sp³-hybridized carbons (Fsp3) is 0.0476. The van der Waals surface area contributed by atoms with Crippen molar-refractivity contribution in [3.8, 4) is 17.1 Å². The first-order chi connectivity index (χ1) is 13.6. The van der Waals surface area contributed by atoms with Gasteiger partial charge in [-0.2, -0.15) is 0 Å². The summed E-state index contributed by atoms with van der Waals surface area (Å²) in [6, 6.07) is 24.1. The van der Waals surface area contributed by atoms with Crippen molar-refractivity contribution in [3.05, 3.63) is 94.5 Å². The Bertz CT molecular complexity index is 1100. The van der Waals surface area contributed by atoms with Crippen LogP contribution in [0, 0.1) is 17.0 Å². The van der Waals surface area contributed by atoms with Gasteiger partial charge in [-0.15, -0.1) is 10.2 Å². The zero-order valence-corrected chi connectivity index (χ0v) is 15.1. The molecule has 0 spiro atoms. The molecule has 7 heteroatoms. The van der Waals surface area contributed by atoms with E-state index in [4.69, 9.17) is 0 Å². The van der Waals surface area contributed by atoms with Gasteiger partial charge in [0.05, 0.1) is 10.6 Å². The van der Waals surface area contributed by atoms with Crippen LogP contribution in [0.25, 0.3) is 17.1 Å². The summed E-state index contributed by atoms with van der Waals surface area (Å²) in [5.41, 5.74) is 3.73. The average Bonchev–Trinajstić information content (AvgIpc) is 3.13. The molecular weight excluding hydrogens is 354 g/mol. The van der Waals surface area contributed by atoms with Crippen LogP contribution in [-0.2, 0) is 0 Å². The molecular formula is C21H17N5O2. The van der Waals surface area contributed by atoms with Crippen molar-refractivity contribution in [3.63, 3.8) is 0 Å². The van der Waals surface area contributed by atoms with Crippen molar-refractivity contribution < 1.29 is 4.92 Å². The Kier molecular flexibility index (Phi) is 4.55. The van der Waals surface area contributed by atoms with Gasteiger partial charge in [-0.3, -0.25) is 14.7 Å². The van der Waals surface area contributed by atoms with E-state index >= 15 is 0 Å². The summed E-state index contributed by atoms with van der Waals surface area (Å²) < 4.78 is 1.93. The van der Waals surface area contributed by atoms with Gasteiger partial charge in [-0.05, 0) is 31.2 Å². The second-order valence-electron chi connectivity index (χ2n) is 6.31. The van der Waals surface area contributed by atoms with Gasteiger partial charge in [0.25, 0.3) is 5.69 Å². The molecule has 7 nitrogen and oxygen atoms in total. The first-order valence-electron chi connectivity index (χ1n) is 8.71. The molecule has 1 heterocycles. The Balaban J connectivity index is 1.77. The minimum Gasteiger partial charge on any atom is -0.324 e. The molecule has 0 amide bonds. The number of nitro benzene ring substituents is 1. The van der Waals surface area contributed by atoms with E-state index in [9.17, 15) is 10.1 Å². The summed E-state index contributed by atoms with van der Waals surface area (Å²) in [7, 11) is 0. The van der Waals surface area contributed by atoms with Crippen LogP contribution in [0.2, 0.25) is 0 Å². The van der Waals surface area contributed by atoms with Crippen molar-refractivity contribution in [2.75, 3.05) is 5.32 Å². The number of hydrogen-bond donors (Lipinski definition) is 1. The molecule has 0 aliphatic rings. The third-order valence-electron chi connectivity index (χ3n) is 4.32. The van der Waals surface area contributed by atoms with Crippen LogP contribution in [0.1, 0.15) is 5.56 Å². The van der Waals surface area contributed by atoms with Crippen molar-refractivity contribution in [2.45, 2.75) is 6.92 Å². The highest BCUT2D eigenvalue weighted by atomic mass is 16.6. The second-order valence-corrected chi connectivity index (χ2v) is 6.31. The number of aryl methyl sites for hydroxylation is 1. The van der Waals surface area contributed by atoms with E-state index in [0.29, 0.717) is 17.5 Å². The molecule has 1 aromatic heterocycles. The average molecular weight is 371 g/mol. The quantitative estimate of drug-likeness (QED) is 0.398. The van der Waals surface area contributed by atoms with Crippen molar-refractivity contribution in [1.82, 2.24) is 14.8 Å². The number of anilines is 2. The number of benzene rings is 3. The highest BCUT2D eigenvalue weighted by Gasteiger charge is 2.16. The maximum Gasteiger partial charge on any atom is 0.269 e. The number of aromatic nitrogens is 3. The van der Waals surface area contributed by atoms with Crippen LogP contribution in [0.15, 0.2) is 78.9 Å². The summed E-state index contributed by atoms with van der Waals surface area (Å²) in [5.74, 6) is 1.23. The molecule has 3 aromatic carbocycles. The molecule has 0 atom stereocenters. The molecule has 0 fully saturated rings. The number of rotatable bonds is 5. The van der Waals surface area contributed by atoms with E-state index in [1.807, 2.05) is 66.1 Å². The fourth-order valence-corrected chi connectivity index (χ4v) is 2.87. The van der Waals surface area contributed by atoms with Gasteiger partial charge in [0.15, 0.2) is 5.82 Å². The number of nitrogens with one attached hydrogen (secondary N) is 1. The van der Waals surface area contributed by atoms with E-state index in [-0.39, 0.29) is 5.69 Å². The smallest absolute Gasteiger partial charge is 0.269 e. The molecule has 138 valence electrons. The van der Waals surface area contributed by atoms with E-state index in [1.54, 1.807) is 12.1 Å². The van der Waals surface area contributed by atoms with Gasteiger partial charge in [0.2, 0.25) is 5.95 Å². The lowest BCUT2D eigenvalue weighted by molar-refractivity contribution is -0.384. The topological polar surface area (TPSA) is 85.9 Å². The third-order valence-corrected chi connectivity index (χ3v) is 4.32. The molecule has 0 aliphatic carbocycles. The van der Waals surface area contributed by atoms with Gasteiger partial charge in [-0.1, -0.05) is 48.0 Å². The van der Waals surface area contributed by atoms with Crippen LogP contribution in [0.5, 0.6) is 0 Å². The van der Waals surface area contributed by atoms with Crippen LogP contribution in [0.3, 0.4) is 0 Å². The molecule has 4 aromatic rings. The molecule has 1 N–H and O–H groups in total. The molecule has 4 rings (SSSR count).